The molecule has 0 bridgehead atoms. The first-order valence-corrected chi connectivity index (χ1v) is 10.9. The third-order valence-corrected chi connectivity index (χ3v) is 6.27. The molecule has 0 atom stereocenters. The topological polar surface area (TPSA) is 74.6 Å². The lowest BCUT2D eigenvalue weighted by Gasteiger charge is -2.27. The van der Waals surface area contributed by atoms with Crippen LogP contribution in [-0.2, 0) is 30.8 Å². The zero-order chi connectivity index (χ0) is 20.8. The van der Waals surface area contributed by atoms with Crippen LogP contribution in [0.1, 0.15) is 21.6 Å². The minimum atomic E-state index is 0.0916. The summed E-state index contributed by atoms with van der Waals surface area (Å²) >= 11 is 1.78. The molecule has 1 aromatic carbocycles. The Morgan fingerprint density at radius 2 is 2.07 bits per heavy atom. The fraction of sp³-hybridized carbons (Fsp3) is 0.318. The van der Waals surface area contributed by atoms with Gasteiger partial charge in [0.2, 0.25) is 5.91 Å². The highest BCUT2D eigenvalue weighted by Gasteiger charge is 2.21. The van der Waals surface area contributed by atoms with E-state index in [2.05, 4.69) is 44.3 Å². The first kappa shape index (κ1) is 20.2. The third kappa shape index (κ3) is 4.88. The number of nitrogens with one attached hydrogen (secondary N) is 2. The summed E-state index contributed by atoms with van der Waals surface area (Å²) in [6.07, 6.45) is 4.68. The molecular weight excluding hydrogens is 396 g/mol. The van der Waals surface area contributed by atoms with E-state index < -0.39 is 0 Å². The van der Waals surface area contributed by atoms with Gasteiger partial charge in [0.15, 0.2) is 5.96 Å². The second kappa shape index (κ2) is 9.58. The molecule has 30 heavy (non-hydrogen) atoms. The van der Waals surface area contributed by atoms with Crippen molar-refractivity contribution in [1.82, 2.24) is 25.3 Å². The monoisotopic (exact) mass is 422 g/mol. The van der Waals surface area contributed by atoms with E-state index in [1.165, 1.54) is 21.6 Å². The maximum Gasteiger partial charge on any atom is 0.242 e. The largest absolute Gasteiger partial charge is 0.352 e. The Bertz CT molecular complexity index is 1010. The summed E-state index contributed by atoms with van der Waals surface area (Å²) in [6.45, 7) is 3.04. The van der Waals surface area contributed by atoms with Gasteiger partial charge in [-0.15, -0.1) is 11.3 Å². The zero-order valence-corrected chi connectivity index (χ0v) is 17.9. The van der Waals surface area contributed by atoms with Crippen LogP contribution in [0.25, 0.3) is 0 Å². The maximum absolute atomic E-state index is 12.6. The van der Waals surface area contributed by atoms with E-state index >= 15 is 0 Å². The lowest BCUT2D eigenvalue weighted by atomic mass is 10.1. The van der Waals surface area contributed by atoms with Crippen molar-refractivity contribution in [3.8, 4) is 0 Å². The molecule has 8 heteroatoms. The third-order valence-electron chi connectivity index (χ3n) is 5.25. The van der Waals surface area contributed by atoms with Crippen LogP contribution in [0.5, 0.6) is 0 Å². The summed E-state index contributed by atoms with van der Waals surface area (Å²) in [6, 6.07) is 12.3. The number of guanidine groups is 1. The van der Waals surface area contributed by atoms with E-state index in [0.717, 1.165) is 19.5 Å². The van der Waals surface area contributed by atoms with Crippen molar-refractivity contribution in [1.29, 1.82) is 0 Å². The van der Waals surface area contributed by atoms with Gasteiger partial charge in [-0.1, -0.05) is 24.3 Å². The van der Waals surface area contributed by atoms with Gasteiger partial charge >= 0.3 is 0 Å². The Balaban J connectivity index is 1.29. The van der Waals surface area contributed by atoms with Gasteiger partial charge in [0.1, 0.15) is 0 Å². The minimum absolute atomic E-state index is 0.0916. The molecule has 156 valence electrons. The maximum atomic E-state index is 12.6. The fourth-order valence-electron chi connectivity index (χ4n) is 3.58. The molecule has 7 nitrogen and oxygen atoms in total. The first-order valence-electron chi connectivity index (χ1n) is 10.0. The number of fused-ring (bicyclic) bond motifs is 1. The normalized spacial score (nSPS) is 13.8. The van der Waals surface area contributed by atoms with Gasteiger partial charge in [0, 0.05) is 44.0 Å². The van der Waals surface area contributed by atoms with E-state index in [-0.39, 0.29) is 12.5 Å². The molecule has 1 amide bonds. The van der Waals surface area contributed by atoms with E-state index in [4.69, 9.17) is 0 Å². The number of rotatable bonds is 6. The van der Waals surface area contributed by atoms with Crippen molar-refractivity contribution in [2.75, 3.05) is 20.1 Å². The van der Waals surface area contributed by atoms with Crippen molar-refractivity contribution in [3.05, 3.63) is 75.7 Å². The Morgan fingerprint density at radius 1 is 1.20 bits per heavy atom. The molecule has 0 aliphatic carbocycles. The van der Waals surface area contributed by atoms with Crippen LogP contribution in [0.4, 0.5) is 0 Å². The Morgan fingerprint density at radius 3 is 2.87 bits per heavy atom. The summed E-state index contributed by atoms with van der Waals surface area (Å²) in [7, 11) is 1.72. The highest BCUT2D eigenvalue weighted by atomic mass is 32.1. The lowest BCUT2D eigenvalue weighted by molar-refractivity contribution is -0.130. The molecule has 0 spiro atoms. The second-order valence-corrected chi connectivity index (χ2v) is 8.19. The van der Waals surface area contributed by atoms with Crippen LogP contribution in [-0.4, -0.2) is 46.7 Å². The minimum Gasteiger partial charge on any atom is -0.352 e. The summed E-state index contributed by atoms with van der Waals surface area (Å²) in [5.41, 5.74) is 3.64. The van der Waals surface area contributed by atoms with Crippen molar-refractivity contribution in [3.63, 3.8) is 0 Å². The predicted molar refractivity (Wildman–Crippen MR) is 119 cm³/mol. The predicted octanol–water partition coefficient (Wildman–Crippen LogP) is 2.24. The van der Waals surface area contributed by atoms with Crippen LogP contribution >= 0.6 is 11.3 Å². The number of hydrogen-bond donors (Lipinski definition) is 2. The molecule has 1 aliphatic rings. The standard InChI is InChI=1S/C22H26N6OS/c1-23-22(25-14-21(29)27-11-7-20-19(15-27)8-12-30-20)24-13-17-5-2-3-6-18(17)16-28-10-4-9-26-28/h2-6,8-10,12H,7,11,13-16H2,1H3,(H2,23,24,25). The number of aromatic nitrogens is 2. The van der Waals surface area contributed by atoms with Crippen molar-refractivity contribution < 1.29 is 4.79 Å². The molecule has 3 heterocycles. The average Bonchev–Trinajstić information content (AvgIpc) is 3.46. The molecular formula is C22H26N6OS. The van der Waals surface area contributed by atoms with Gasteiger partial charge in [-0.2, -0.15) is 5.10 Å². The highest BCUT2D eigenvalue weighted by Crippen LogP contribution is 2.23. The van der Waals surface area contributed by atoms with E-state index in [1.54, 1.807) is 24.6 Å². The molecule has 1 aliphatic heterocycles. The molecule has 2 N–H and O–H groups in total. The van der Waals surface area contributed by atoms with E-state index in [0.29, 0.717) is 19.0 Å². The fourth-order valence-corrected chi connectivity index (χ4v) is 4.47. The van der Waals surface area contributed by atoms with Crippen LogP contribution in [0.2, 0.25) is 0 Å². The SMILES string of the molecule is CN=C(NCC(=O)N1CCc2sccc2C1)NCc1ccccc1Cn1cccn1. The van der Waals surface area contributed by atoms with Crippen LogP contribution < -0.4 is 10.6 Å². The number of carbonyl (C=O) groups is 1. The first-order chi connectivity index (χ1) is 14.7. The number of benzene rings is 1. The number of nitrogens with zero attached hydrogens (tertiary/aromatic N) is 4. The van der Waals surface area contributed by atoms with Crippen LogP contribution in [0, 0.1) is 0 Å². The van der Waals surface area contributed by atoms with Crippen LogP contribution in [0.15, 0.2) is 59.2 Å². The lowest BCUT2D eigenvalue weighted by Crippen LogP contribution is -2.45. The summed E-state index contributed by atoms with van der Waals surface area (Å²) in [4.78, 5) is 20.2. The van der Waals surface area contributed by atoms with Crippen molar-refractivity contribution >= 4 is 23.2 Å². The van der Waals surface area contributed by atoms with Gasteiger partial charge in [-0.05, 0) is 40.6 Å². The molecule has 0 saturated carbocycles. The summed E-state index contributed by atoms with van der Waals surface area (Å²) in [5.74, 6) is 0.708. The molecule has 4 rings (SSSR count). The number of carbonyl (C=O) groups excluding carboxylic acids is 1. The number of thiophene rings is 1. The molecule has 0 unspecified atom stereocenters. The Hall–Kier alpha value is -3.13. The number of hydrogen-bond acceptors (Lipinski definition) is 4. The molecule has 0 saturated heterocycles. The van der Waals surface area contributed by atoms with E-state index in [1.807, 2.05) is 34.0 Å². The van der Waals surface area contributed by atoms with Crippen molar-refractivity contribution in [2.24, 2.45) is 4.99 Å². The Kier molecular flexibility index (Phi) is 6.44. The average molecular weight is 423 g/mol. The van der Waals surface area contributed by atoms with Gasteiger partial charge < -0.3 is 15.5 Å². The van der Waals surface area contributed by atoms with Gasteiger partial charge in [0.25, 0.3) is 0 Å². The molecule has 2 aromatic heterocycles. The molecule has 3 aromatic rings. The van der Waals surface area contributed by atoms with Gasteiger partial charge in [0.05, 0.1) is 13.1 Å². The molecule has 0 fully saturated rings. The second-order valence-electron chi connectivity index (χ2n) is 7.19. The van der Waals surface area contributed by atoms with E-state index in [9.17, 15) is 4.79 Å². The molecule has 0 radical (unpaired) electrons. The van der Waals surface area contributed by atoms with Crippen molar-refractivity contribution in [2.45, 2.75) is 26.1 Å². The quantitative estimate of drug-likeness (QED) is 0.472. The zero-order valence-electron chi connectivity index (χ0n) is 17.0. The number of amides is 1. The highest BCUT2D eigenvalue weighted by molar-refractivity contribution is 7.10. The van der Waals surface area contributed by atoms with Gasteiger partial charge in [-0.3, -0.25) is 14.5 Å². The van der Waals surface area contributed by atoms with Crippen LogP contribution in [0.3, 0.4) is 0 Å². The van der Waals surface area contributed by atoms with Gasteiger partial charge in [-0.25, -0.2) is 0 Å². The smallest absolute Gasteiger partial charge is 0.242 e. The number of aliphatic imine (C=N–C) groups is 1. The summed E-state index contributed by atoms with van der Waals surface area (Å²) < 4.78 is 1.90. The summed E-state index contributed by atoms with van der Waals surface area (Å²) in [5, 5.41) is 12.9. The Labute approximate surface area is 180 Å².